The van der Waals surface area contributed by atoms with Gasteiger partial charge in [0, 0.05) is 49.9 Å². The van der Waals surface area contributed by atoms with Crippen molar-refractivity contribution in [3.8, 4) is 0 Å². The van der Waals surface area contributed by atoms with E-state index in [2.05, 4.69) is 41.2 Å². The van der Waals surface area contributed by atoms with Gasteiger partial charge in [-0.3, -0.25) is 10.2 Å². The Morgan fingerprint density at radius 1 is 0.967 bits per heavy atom. The van der Waals surface area contributed by atoms with Crippen LogP contribution in [-0.2, 0) is 6.54 Å². The van der Waals surface area contributed by atoms with E-state index in [0.29, 0.717) is 17.6 Å². The normalized spacial score (nSPS) is 15.4. The molecule has 1 aliphatic rings. The third-order valence-corrected chi connectivity index (χ3v) is 5.53. The molecule has 9 nitrogen and oxygen atoms in total. The first kappa shape index (κ1) is 18.8. The SMILES string of the molecule is Clc1ccccc1CN1CCCN(c2ccc(Nc3ncnc4ncnn34)o2)CC1. The molecule has 0 unspecified atom stereocenters. The van der Waals surface area contributed by atoms with E-state index in [9.17, 15) is 0 Å². The number of aromatic nitrogens is 5. The third-order valence-electron chi connectivity index (χ3n) is 5.16. The highest BCUT2D eigenvalue weighted by Crippen LogP contribution is 2.26. The molecule has 1 saturated heterocycles. The Balaban J connectivity index is 1.24. The molecular weight excluding hydrogens is 404 g/mol. The van der Waals surface area contributed by atoms with Crippen LogP contribution in [0.3, 0.4) is 0 Å². The van der Waals surface area contributed by atoms with Crippen LogP contribution in [-0.4, -0.2) is 55.6 Å². The van der Waals surface area contributed by atoms with E-state index in [1.807, 2.05) is 30.3 Å². The fourth-order valence-corrected chi connectivity index (χ4v) is 3.84. The highest BCUT2D eigenvalue weighted by Gasteiger charge is 2.19. The number of fused-ring (bicyclic) bond motifs is 1. The van der Waals surface area contributed by atoms with Crippen molar-refractivity contribution in [1.82, 2.24) is 29.5 Å². The Bertz CT molecular complexity index is 1140. The van der Waals surface area contributed by atoms with E-state index >= 15 is 0 Å². The Morgan fingerprint density at radius 3 is 2.80 bits per heavy atom. The fourth-order valence-electron chi connectivity index (χ4n) is 3.64. The van der Waals surface area contributed by atoms with E-state index in [4.69, 9.17) is 16.0 Å². The lowest BCUT2D eigenvalue weighted by Crippen LogP contribution is -2.30. The van der Waals surface area contributed by atoms with Gasteiger partial charge in [0.25, 0.3) is 5.78 Å². The monoisotopic (exact) mass is 424 g/mol. The second kappa shape index (κ2) is 8.29. The molecule has 0 amide bonds. The van der Waals surface area contributed by atoms with Gasteiger partial charge in [-0.25, -0.2) is 4.98 Å². The molecular formula is C20H21ClN8O. The van der Waals surface area contributed by atoms with Crippen molar-refractivity contribution in [3.05, 3.63) is 59.6 Å². The maximum atomic E-state index is 6.33. The first-order valence-electron chi connectivity index (χ1n) is 9.84. The van der Waals surface area contributed by atoms with Gasteiger partial charge in [-0.15, -0.1) is 0 Å². The summed E-state index contributed by atoms with van der Waals surface area (Å²) in [7, 11) is 0. The maximum absolute atomic E-state index is 6.33. The summed E-state index contributed by atoms with van der Waals surface area (Å²) in [6.45, 7) is 4.66. The van der Waals surface area contributed by atoms with Crippen molar-refractivity contribution in [2.24, 2.45) is 0 Å². The average Bonchev–Trinajstić information content (AvgIpc) is 3.36. The van der Waals surface area contributed by atoms with Gasteiger partial charge in [-0.2, -0.15) is 19.6 Å². The number of hydrogen-bond donors (Lipinski definition) is 1. The fraction of sp³-hybridized carbons (Fsp3) is 0.300. The zero-order valence-electron chi connectivity index (χ0n) is 16.3. The molecule has 4 heterocycles. The van der Waals surface area contributed by atoms with Gasteiger partial charge in [0.1, 0.15) is 12.7 Å². The summed E-state index contributed by atoms with van der Waals surface area (Å²) in [5.74, 6) is 2.41. The number of rotatable bonds is 5. The summed E-state index contributed by atoms with van der Waals surface area (Å²) in [6.07, 6.45) is 3.94. The first-order chi connectivity index (χ1) is 14.8. The molecule has 0 atom stereocenters. The molecule has 5 rings (SSSR count). The van der Waals surface area contributed by atoms with Crippen molar-refractivity contribution in [2.45, 2.75) is 13.0 Å². The highest BCUT2D eigenvalue weighted by atomic mass is 35.5. The number of furan rings is 1. The standard InChI is InChI=1S/C20H21ClN8O/c21-16-5-2-1-4-15(16)12-27-8-3-9-28(11-10-27)18-7-6-17(30-18)26-20-23-13-22-19-24-14-25-29(19)20/h1-2,4-7,13-14H,3,8-12H2,(H,22,23,24,25,26). The van der Waals surface area contributed by atoms with Crippen molar-refractivity contribution in [3.63, 3.8) is 0 Å². The van der Waals surface area contributed by atoms with E-state index < -0.39 is 0 Å². The smallest absolute Gasteiger partial charge is 0.256 e. The van der Waals surface area contributed by atoms with Crippen LogP contribution >= 0.6 is 11.6 Å². The van der Waals surface area contributed by atoms with E-state index in [0.717, 1.165) is 50.1 Å². The molecule has 3 aromatic heterocycles. The minimum Gasteiger partial charge on any atom is -0.425 e. The zero-order chi connectivity index (χ0) is 20.3. The van der Waals surface area contributed by atoms with Gasteiger partial charge in [0.2, 0.25) is 11.8 Å². The predicted octanol–water partition coefficient (Wildman–Crippen LogP) is 3.22. The summed E-state index contributed by atoms with van der Waals surface area (Å²) in [4.78, 5) is 17.0. The van der Waals surface area contributed by atoms with Gasteiger partial charge in [0.15, 0.2) is 5.88 Å². The lowest BCUT2D eigenvalue weighted by Gasteiger charge is -2.22. The van der Waals surface area contributed by atoms with Crippen LogP contribution in [0.2, 0.25) is 5.02 Å². The van der Waals surface area contributed by atoms with Crippen LogP contribution < -0.4 is 10.2 Å². The lowest BCUT2D eigenvalue weighted by molar-refractivity contribution is 0.285. The Morgan fingerprint density at radius 2 is 1.87 bits per heavy atom. The number of halogens is 1. The van der Waals surface area contributed by atoms with Crippen molar-refractivity contribution in [2.75, 3.05) is 36.4 Å². The van der Waals surface area contributed by atoms with E-state index in [-0.39, 0.29) is 0 Å². The molecule has 0 bridgehead atoms. The molecule has 30 heavy (non-hydrogen) atoms. The predicted molar refractivity (Wildman–Crippen MR) is 114 cm³/mol. The van der Waals surface area contributed by atoms with Crippen LogP contribution in [0.5, 0.6) is 0 Å². The molecule has 1 aliphatic heterocycles. The van der Waals surface area contributed by atoms with Crippen molar-refractivity contribution in [1.29, 1.82) is 0 Å². The number of anilines is 3. The molecule has 1 fully saturated rings. The molecule has 1 N–H and O–H groups in total. The van der Waals surface area contributed by atoms with Gasteiger partial charge in [-0.1, -0.05) is 29.8 Å². The molecule has 10 heteroatoms. The molecule has 0 radical (unpaired) electrons. The summed E-state index contributed by atoms with van der Waals surface area (Å²) in [5, 5.41) is 8.10. The summed E-state index contributed by atoms with van der Waals surface area (Å²) < 4.78 is 7.56. The van der Waals surface area contributed by atoms with Crippen LogP contribution in [0.25, 0.3) is 5.78 Å². The molecule has 0 spiro atoms. The second-order valence-corrected chi connectivity index (χ2v) is 7.55. The molecule has 4 aromatic rings. The Hall–Kier alpha value is -3.17. The third kappa shape index (κ3) is 3.94. The van der Waals surface area contributed by atoms with Crippen LogP contribution in [0, 0.1) is 0 Å². The lowest BCUT2D eigenvalue weighted by atomic mass is 10.2. The number of nitrogens with zero attached hydrogens (tertiary/aromatic N) is 7. The summed E-state index contributed by atoms with van der Waals surface area (Å²) >= 11 is 6.33. The van der Waals surface area contributed by atoms with Crippen LogP contribution in [0.1, 0.15) is 12.0 Å². The van der Waals surface area contributed by atoms with Crippen molar-refractivity contribution < 1.29 is 4.42 Å². The molecule has 1 aromatic carbocycles. The number of nitrogens with one attached hydrogen (secondary N) is 1. The average molecular weight is 425 g/mol. The minimum absolute atomic E-state index is 0.477. The van der Waals surface area contributed by atoms with E-state index in [1.165, 1.54) is 22.7 Å². The molecule has 0 saturated carbocycles. The van der Waals surface area contributed by atoms with Crippen LogP contribution in [0.15, 0.2) is 53.5 Å². The summed E-state index contributed by atoms with van der Waals surface area (Å²) in [6, 6.07) is 11.9. The Kier molecular flexibility index (Phi) is 5.20. The topological polar surface area (TPSA) is 87.6 Å². The second-order valence-electron chi connectivity index (χ2n) is 7.14. The maximum Gasteiger partial charge on any atom is 0.256 e. The summed E-state index contributed by atoms with van der Waals surface area (Å²) in [5.41, 5.74) is 1.17. The quantitative estimate of drug-likeness (QED) is 0.522. The zero-order valence-corrected chi connectivity index (χ0v) is 17.0. The van der Waals surface area contributed by atoms with E-state index in [1.54, 1.807) is 0 Å². The van der Waals surface area contributed by atoms with Gasteiger partial charge < -0.3 is 9.32 Å². The van der Waals surface area contributed by atoms with Gasteiger partial charge in [0.05, 0.1) is 0 Å². The largest absolute Gasteiger partial charge is 0.425 e. The molecule has 0 aliphatic carbocycles. The van der Waals surface area contributed by atoms with Crippen LogP contribution in [0.4, 0.5) is 17.7 Å². The number of benzene rings is 1. The van der Waals surface area contributed by atoms with Crippen molar-refractivity contribution >= 4 is 35.1 Å². The number of hydrogen-bond acceptors (Lipinski definition) is 8. The van der Waals surface area contributed by atoms with Gasteiger partial charge in [-0.05, 0) is 18.1 Å². The minimum atomic E-state index is 0.477. The Labute approximate surface area is 178 Å². The first-order valence-corrected chi connectivity index (χ1v) is 10.2. The molecule has 154 valence electrons. The highest BCUT2D eigenvalue weighted by molar-refractivity contribution is 6.31. The van der Waals surface area contributed by atoms with Gasteiger partial charge >= 0.3 is 0 Å².